The lowest BCUT2D eigenvalue weighted by Gasteiger charge is -2.10. The van der Waals surface area contributed by atoms with Gasteiger partial charge in [-0.1, -0.05) is 30.3 Å². The van der Waals surface area contributed by atoms with Crippen molar-refractivity contribution >= 4 is 0 Å². The molecule has 0 amide bonds. The molecule has 0 aliphatic carbocycles. The molecule has 0 unspecified atom stereocenters. The minimum absolute atomic E-state index is 0.0448. The van der Waals surface area contributed by atoms with E-state index in [-0.39, 0.29) is 13.2 Å². The van der Waals surface area contributed by atoms with Gasteiger partial charge in [0.15, 0.2) is 0 Å². The Hall–Kier alpha value is -1.84. The van der Waals surface area contributed by atoms with E-state index in [4.69, 9.17) is 9.84 Å². The fraction of sp³-hybridized carbons (Fsp3) is 0.143. The Morgan fingerprint density at radius 2 is 1.65 bits per heavy atom. The van der Waals surface area contributed by atoms with E-state index in [1.54, 1.807) is 18.2 Å². The minimum atomic E-state index is -0.0894. The number of benzene rings is 2. The normalized spacial score (nSPS) is 10.2. The van der Waals surface area contributed by atoms with Crippen molar-refractivity contribution < 1.29 is 14.9 Å². The second-order valence-electron chi connectivity index (χ2n) is 3.67. The molecule has 2 aromatic carbocycles. The van der Waals surface area contributed by atoms with Crippen LogP contribution in [0.4, 0.5) is 0 Å². The summed E-state index contributed by atoms with van der Waals surface area (Å²) in [4.78, 5) is 0. The lowest BCUT2D eigenvalue weighted by atomic mass is 10.1. The zero-order valence-electron chi connectivity index (χ0n) is 9.34. The molecule has 3 heteroatoms. The Labute approximate surface area is 99.9 Å². The third-order valence-electron chi connectivity index (χ3n) is 2.46. The lowest BCUT2D eigenvalue weighted by Crippen LogP contribution is -1.94. The van der Waals surface area contributed by atoms with Gasteiger partial charge < -0.3 is 14.9 Å². The fourth-order valence-electron chi connectivity index (χ4n) is 1.54. The lowest BCUT2D eigenvalue weighted by molar-refractivity contribution is 0.273. The molecule has 2 rings (SSSR count). The van der Waals surface area contributed by atoms with Crippen molar-refractivity contribution in [1.29, 1.82) is 0 Å². The highest BCUT2D eigenvalue weighted by atomic mass is 16.5. The number of aliphatic hydroxyl groups is 2. The van der Waals surface area contributed by atoms with E-state index in [2.05, 4.69) is 0 Å². The molecule has 2 N–H and O–H groups in total. The van der Waals surface area contributed by atoms with Crippen molar-refractivity contribution in [2.24, 2.45) is 0 Å². The van der Waals surface area contributed by atoms with Gasteiger partial charge in [0.2, 0.25) is 0 Å². The highest BCUT2D eigenvalue weighted by molar-refractivity contribution is 5.40. The average molecular weight is 230 g/mol. The molecule has 0 saturated carbocycles. The number of ether oxygens (including phenoxy) is 1. The van der Waals surface area contributed by atoms with Gasteiger partial charge in [-0.15, -0.1) is 0 Å². The van der Waals surface area contributed by atoms with Gasteiger partial charge in [-0.05, 0) is 23.8 Å². The Balaban J connectivity index is 2.30. The van der Waals surface area contributed by atoms with Crippen LogP contribution < -0.4 is 4.74 Å². The minimum Gasteiger partial charge on any atom is -0.457 e. The van der Waals surface area contributed by atoms with E-state index in [1.807, 2.05) is 30.3 Å². The Bertz CT molecular complexity index is 480. The maximum absolute atomic E-state index is 9.22. The average Bonchev–Trinajstić information content (AvgIpc) is 2.40. The van der Waals surface area contributed by atoms with Crippen LogP contribution in [0.15, 0.2) is 48.5 Å². The van der Waals surface area contributed by atoms with Gasteiger partial charge in [-0.3, -0.25) is 0 Å². The second-order valence-corrected chi connectivity index (χ2v) is 3.67. The van der Waals surface area contributed by atoms with Crippen LogP contribution in [-0.2, 0) is 13.2 Å². The van der Waals surface area contributed by atoms with Crippen molar-refractivity contribution in [3.63, 3.8) is 0 Å². The summed E-state index contributed by atoms with van der Waals surface area (Å²) in [6.07, 6.45) is 0. The molecule has 2 aromatic rings. The third-order valence-corrected chi connectivity index (χ3v) is 2.46. The quantitative estimate of drug-likeness (QED) is 0.848. The number of rotatable bonds is 4. The number of aliphatic hydroxyl groups excluding tert-OH is 2. The van der Waals surface area contributed by atoms with Crippen molar-refractivity contribution in [3.05, 3.63) is 59.7 Å². The molecular weight excluding hydrogens is 216 g/mol. The summed E-state index contributed by atoms with van der Waals surface area (Å²) < 4.78 is 5.67. The number of hydrogen-bond donors (Lipinski definition) is 2. The largest absolute Gasteiger partial charge is 0.457 e. The van der Waals surface area contributed by atoms with Crippen LogP contribution in [0.2, 0.25) is 0 Å². The molecule has 0 aromatic heterocycles. The SMILES string of the molecule is OCc1ccc(CO)c(Oc2ccccc2)c1. The van der Waals surface area contributed by atoms with Crippen molar-refractivity contribution in [3.8, 4) is 11.5 Å². The first-order chi connectivity index (χ1) is 8.33. The second kappa shape index (κ2) is 5.48. The molecule has 0 aliphatic heterocycles. The van der Waals surface area contributed by atoms with E-state index in [9.17, 15) is 5.11 Å². The van der Waals surface area contributed by atoms with Crippen LogP contribution in [-0.4, -0.2) is 10.2 Å². The molecule has 0 fully saturated rings. The first kappa shape index (κ1) is 11.6. The predicted molar refractivity (Wildman–Crippen MR) is 64.8 cm³/mol. The first-order valence-corrected chi connectivity index (χ1v) is 5.40. The van der Waals surface area contributed by atoms with E-state index < -0.39 is 0 Å². The Kier molecular flexibility index (Phi) is 3.75. The van der Waals surface area contributed by atoms with Gasteiger partial charge in [0.05, 0.1) is 13.2 Å². The summed E-state index contributed by atoms with van der Waals surface area (Å²) in [6.45, 7) is -0.134. The van der Waals surface area contributed by atoms with Gasteiger partial charge in [-0.25, -0.2) is 0 Å². The van der Waals surface area contributed by atoms with Crippen LogP contribution >= 0.6 is 0 Å². The van der Waals surface area contributed by atoms with Gasteiger partial charge in [0, 0.05) is 5.56 Å². The summed E-state index contributed by atoms with van der Waals surface area (Å²) in [5.41, 5.74) is 1.46. The van der Waals surface area contributed by atoms with E-state index in [0.29, 0.717) is 17.1 Å². The zero-order valence-corrected chi connectivity index (χ0v) is 9.34. The first-order valence-electron chi connectivity index (χ1n) is 5.40. The Morgan fingerprint density at radius 3 is 2.29 bits per heavy atom. The molecular formula is C14H14O3. The van der Waals surface area contributed by atoms with Crippen LogP contribution in [0.25, 0.3) is 0 Å². The van der Waals surface area contributed by atoms with Crippen molar-refractivity contribution in [2.45, 2.75) is 13.2 Å². The standard InChI is InChI=1S/C14H14O3/c15-9-11-6-7-12(10-16)14(8-11)17-13-4-2-1-3-5-13/h1-8,15-16H,9-10H2. The number of para-hydroxylation sites is 1. The zero-order chi connectivity index (χ0) is 12.1. The topological polar surface area (TPSA) is 49.7 Å². The smallest absolute Gasteiger partial charge is 0.133 e. The summed E-state index contributed by atoms with van der Waals surface area (Å²) >= 11 is 0. The van der Waals surface area contributed by atoms with Crippen LogP contribution in [0, 0.1) is 0 Å². The van der Waals surface area contributed by atoms with Crippen molar-refractivity contribution in [1.82, 2.24) is 0 Å². The summed E-state index contributed by atoms with van der Waals surface area (Å²) in [7, 11) is 0. The summed E-state index contributed by atoms with van der Waals surface area (Å²) in [5, 5.41) is 18.3. The van der Waals surface area contributed by atoms with Crippen LogP contribution in [0.3, 0.4) is 0 Å². The maximum atomic E-state index is 9.22. The molecule has 0 saturated heterocycles. The summed E-state index contributed by atoms with van der Waals surface area (Å²) in [6, 6.07) is 14.6. The van der Waals surface area contributed by atoms with E-state index in [0.717, 1.165) is 5.56 Å². The summed E-state index contributed by atoms with van der Waals surface area (Å²) in [5.74, 6) is 1.28. The van der Waals surface area contributed by atoms with Gasteiger partial charge in [-0.2, -0.15) is 0 Å². The number of hydrogen-bond acceptors (Lipinski definition) is 3. The monoisotopic (exact) mass is 230 g/mol. The van der Waals surface area contributed by atoms with E-state index in [1.165, 1.54) is 0 Å². The molecule has 88 valence electrons. The van der Waals surface area contributed by atoms with Gasteiger partial charge in [0.1, 0.15) is 11.5 Å². The molecule has 0 aliphatic rings. The van der Waals surface area contributed by atoms with Crippen LogP contribution in [0.5, 0.6) is 11.5 Å². The third kappa shape index (κ3) is 2.84. The van der Waals surface area contributed by atoms with Crippen LogP contribution in [0.1, 0.15) is 11.1 Å². The maximum Gasteiger partial charge on any atom is 0.133 e. The molecule has 0 bridgehead atoms. The highest BCUT2D eigenvalue weighted by Crippen LogP contribution is 2.26. The molecule has 0 radical (unpaired) electrons. The van der Waals surface area contributed by atoms with Gasteiger partial charge >= 0.3 is 0 Å². The molecule has 0 spiro atoms. The molecule has 17 heavy (non-hydrogen) atoms. The van der Waals surface area contributed by atoms with Crippen molar-refractivity contribution in [2.75, 3.05) is 0 Å². The fourth-order valence-corrected chi connectivity index (χ4v) is 1.54. The molecule has 0 heterocycles. The van der Waals surface area contributed by atoms with E-state index >= 15 is 0 Å². The van der Waals surface area contributed by atoms with Gasteiger partial charge in [0.25, 0.3) is 0 Å². The molecule has 3 nitrogen and oxygen atoms in total. The highest BCUT2D eigenvalue weighted by Gasteiger charge is 2.05. The predicted octanol–water partition coefficient (Wildman–Crippen LogP) is 2.46. The molecule has 0 atom stereocenters. The Morgan fingerprint density at radius 1 is 0.882 bits per heavy atom.